The van der Waals surface area contributed by atoms with Crippen LogP contribution in [0.5, 0.6) is 0 Å². The Hall–Kier alpha value is -3.70. The molecule has 0 spiro atoms. The van der Waals surface area contributed by atoms with Gasteiger partial charge in [0.2, 0.25) is 23.6 Å². The van der Waals surface area contributed by atoms with Crippen LogP contribution in [0.25, 0.3) is 0 Å². The van der Waals surface area contributed by atoms with Crippen LogP contribution in [-0.2, 0) is 19.2 Å². The normalized spacial score (nSPS) is 13.1. The summed E-state index contributed by atoms with van der Waals surface area (Å²) in [4.78, 5) is 49.4. The van der Waals surface area contributed by atoms with Crippen LogP contribution in [0, 0.1) is 10.8 Å². The largest absolute Gasteiger partial charge is 0.397 e. The summed E-state index contributed by atoms with van der Waals surface area (Å²) in [5.74, 6) is -1.86. The van der Waals surface area contributed by atoms with Crippen LogP contribution in [0.4, 0.5) is 0 Å². The number of likely N-dealkylation sites (N-methyl/N-ethyl adjacent to an activating group) is 2. The Balaban J connectivity index is 2.34. The van der Waals surface area contributed by atoms with E-state index in [9.17, 15) is 19.2 Å². The number of nitrogens with one attached hydrogen (secondary N) is 5. The zero-order valence-electron chi connectivity index (χ0n) is 16.6. The number of nitrogens with zero attached hydrogens (tertiary/aromatic N) is 2. The van der Waals surface area contributed by atoms with Crippen LogP contribution >= 0.6 is 0 Å². The van der Waals surface area contributed by atoms with Gasteiger partial charge in [-0.1, -0.05) is 0 Å². The minimum atomic E-state index is -0.572. The summed E-state index contributed by atoms with van der Waals surface area (Å²) >= 11 is 0. The molecule has 0 radical (unpaired) electrons. The topological polar surface area (TPSA) is 185 Å². The highest BCUT2D eigenvalue weighted by molar-refractivity contribution is 6.51. The SMILES string of the molecule is CN(C)C(=O)CNC(=O)CNC(=O)CNC(=O)CN(C)C1=CC=C(N)C(=N)C1=N. The van der Waals surface area contributed by atoms with E-state index in [0.29, 0.717) is 5.70 Å². The molecule has 29 heavy (non-hydrogen) atoms. The van der Waals surface area contributed by atoms with Gasteiger partial charge in [0.05, 0.1) is 37.6 Å². The van der Waals surface area contributed by atoms with Gasteiger partial charge >= 0.3 is 0 Å². The Morgan fingerprint density at radius 2 is 1.38 bits per heavy atom. The van der Waals surface area contributed by atoms with E-state index in [4.69, 9.17) is 16.6 Å². The quantitative estimate of drug-likeness (QED) is 0.224. The predicted octanol–water partition coefficient (Wildman–Crippen LogP) is -2.87. The molecule has 0 saturated carbocycles. The van der Waals surface area contributed by atoms with Gasteiger partial charge in [-0.3, -0.25) is 30.0 Å². The maximum Gasteiger partial charge on any atom is 0.241 e. The zero-order valence-corrected chi connectivity index (χ0v) is 16.6. The van der Waals surface area contributed by atoms with Crippen molar-refractivity contribution in [2.24, 2.45) is 5.73 Å². The highest BCUT2D eigenvalue weighted by Crippen LogP contribution is 2.12. The molecule has 158 valence electrons. The van der Waals surface area contributed by atoms with Gasteiger partial charge < -0.3 is 31.5 Å². The second-order valence-corrected chi connectivity index (χ2v) is 6.40. The Labute approximate surface area is 168 Å². The number of hydrogen-bond acceptors (Lipinski definition) is 8. The fourth-order valence-electron chi connectivity index (χ4n) is 2.10. The Kier molecular flexibility index (Phi) is 8.52. The summed E-state index contributed by atoms with van der Waals surface area (Å²) in [6.07, 6.45) is 3.02. The second kappa shape index (κ2) is 10.6. The lowest BCUT2D eigenvalue weighted by Gasteiger charge is -2.24. The van der Waals surface area contributed by atoms with Crippen molar-refractivity contribution in [1.29, 1.82) is 10.8 Å². The van der Waals surface area contributed by atoms with Crippen LogP contribution in [0.1, 0.15) is 0 Å². The lowest BCUT2D eigenvalue weighted by Crippen LogP contribution is -2.45. The molecule has 0 saturated heterocycles. The lowest BCUT2D eigenvalue weighted by molar-refractivity contribution is -0.131. The summed E-state index contributed by atoms with van der Waals surface area (Å²) < 4.78 is 0. The fraction of sp³-hybridized carbons (Fsp3) is 0.412. The number of carbonyl (C=O) groups excluding carboxylic acids is 4. The van der Waals surface area contributed by atoms with Crippen LogP contribution in [0.15, 0.2) is 23.5 Å². The van der Waals surface area contributed by atoms with E-state index in [-0.39, 0.29) is 49.2 Å². The number of hydrogen-bond donors (Lipinski definition) is 6. The van der Waals surface area contributed by atoms with Gasteiger partial charge in [-0.2, -0.15) is 0 Å². The van der Waals surface area contributed by atoms with Crippen molar-refractivity contribution in [3.05, 3.63) is 23.5 Å². The molecule has 0 heterocycles. The van der Waals surface area contributed by atoms with Gasteiger partial charge in [-0.15, -0.1) is 0 Å². The summed E-state index contributed by atoms with van der Waals surface area (Å²) in [5, 5.41) is 22.7. The smallest absolute Gasteiger partial charge is 0.241 e. The monoisotopic (exact) mass is 406 g/mol. The van der Waals surface area contributed by atoms with Crippen LogP contribution in [-0.4, -0.2) is 92.2 Å². The predicted molar refractivity (Wildman–Crippen MR) is 106 cm³/mol. The summed E-state index contributed by atoms with van der Waals surface area (Å²) in [5.41, 5.74) is 5.87. The third-order valence-corrected chi connectivity index (χ3v) is 3.84. The van der Waals surface area contributed by atoms with E-state index in [2.05, 4.69) is 16.0 Å². The maximum atomic E-state index is 12.0. The standard InChI is InChI=1S/C17H26N8O4/c1-24(2)15(29)8-23-13(27)6-21-12(26)7-22-14(28)9-25(3)11-5-4-10(18)16(19)17(11)20/h4-5,19-20H,6-9,18H2,1-3H3,(H,21,26)(H,22,28)(H,23,27). The van der Waals surface area contributed by atoms with E-state index in [1.165, 1.54) is 22.0 Å². The molecule has 0 aliphatic heterocycles. The molecule has 0 aromatic heterocycles. The fourth-order valence-corrected chi connectivity index (χ4v) is 2.10. The molecule has 0 bridgehead atoms. The zero-order chi connectivity index (χ0) is 22.1. The third kappa shape index (κ3) is 7.44. The molecule has 0 aromatic rings. The maximum absolute atomic E-state index is 12.0. The first-order valence-electron chi connectivity index (χ1n) is 8.60. The van der Waals surface area contributed by atoms with Gasteiger partial charge in [0, 0.05) is 21.1 Å². The molecule has 1 aliphatic rings. The van der Waals surface area contributed by atoms with Gasteiger partial charge in [0.15, 0.2) is 0 Å². The number of nitrogens with two attached hydrogens (primary N) is 1. The molecular weight excluding hydrogens is 380 g/mol. The molecule has 12 heteroatoms. The molecule has 4 amide bonds. The highest BCUT2D eigenvalue weighted by atomic mass is 16.2. The van der Waals surface area contributed by atoms with E-state index >= 15 is 0 Å². The third-order valence-electron chi connectivity index (χ3n) is 3.84. The van der Waals surface area contributed by atoms with Crippen molar-refractivity contribution in [2.75, 3.05) is 47.3 Å². The molecule has 7 N–H and O–H groups in total. The summed E-state index contributed by atoms with van der Waals surface area (Å²) in [7, 11) is 4.68. The Morgan fingerprint density at radius 1 is 0.862 bits per heavy atom. The molecule has 12 nitrogen and oxygen atoms in total. The first-order chi connectivity index (χ1) is 13.5. The number of allylic oxidation sites excluding steroid dienone is 4. The average Bonchev–Trinajstić information content (AvgIpc) is 2.66. The van der Waals surface area contributed by atoms with Crippen molar-refractivity contribution in [3.63, 3.8) is 0 Å². The van der Waals surface area contributed by atoms with Crippen LogP contribution in [0.3, 0.4) is 0 Å². The van der Waals surface area contributed by atoms with Crippen molar-refractivity contribution < 1.29 is 19.2 Å². The van der Waals surface area contributed by atoms with E-state index in [1.807, 2.05) is 0 Å². The summed E-state index contributed by atoms with van der Waals surface area (Å²) in [6, 6.07) is 0. The molecule has 0 fully saturated rings. The number of amides is 4. The number of carbonyl (C=O) groups is 4. The van der Waals surface area contributed by atoms with E-state index in [1.54, 1.807) is 21.1 Å². The van der Waals surface area contributed by atoms with Crippen molar-refractivity contribution in [3.8, 4) is 0 Å². The molecule has 1 rings (SSSR count). The van der Waals surface area contributed by atoms with E-state index in [0.717, 1.165) is 0 Å². The highest BCUT2D eigenvalue weighted by Gasteiger charge is 2.21. The van der Waals surface area contributed by atoms with Gasteiger partial charge in [0.1, 0.15) is 11.4 Å². The minimum absolute atomic E-state index is 0.100. The first kappa shape index (κ1) is 23.3. The lowest BCUT2D eigenvalue weighted by atomic mass is 10.0. The van der Waals surface area contributed by atoms with Gasteiger partial charge in [0.25, 0.3) is 0 Å². The van der Waals surface area contributed by atoms with Crippen molar-refractivity contribution in [1.82, 2.24) is 25.8 Å². The van der Waals surface area contributed by atoms with Crippen LogP contribution < -0.4 is 21.7 Å². The number of rotatable bonds is 9. The molecular formula is C17H26N8O4. The molecule has 0 atom stereocenters. The second-order valence-electron chi connectivity index (χ2n) is 6.40. The Bertz CT molecular complexity index is 784. The van der Waals surface area contributed by atoms with Crippen molar-refractivity contribution >= 4 is 35.1 Å². The molecule has 1 aliphatic carbocycles. The first-order valence-corrected chi connectivity index (χ1v) is 8.60. The van der Waals surface area contributed by atoms with Crippen molar-refractivity contribution in [2.45, 2.75) is 0 Å². The Morgan fingerprint density at radius 3 is 1.93 bits per heavy atom. The van der Waals surface area contributed by atoms with Gasteiger partial charge in [-0.05, 0) is 12.2 Å². The summed E-state index contributed by atoms with van der Waals surface area (Å²) in [6.45, 7) is -0.978. The average molecular weight is 406 g/mol. The minimum Gasteiger partial charge on any atom is -0.397 e. The van der Waals surface area contributed by atoms with Crippen LogP contribution in [0.2, 0.25) is 0 Å². The molecule has 0 unspecified atom stereocenters. The van der Waals surface area contributed by atoms with E-state index < -0.39 is 17.7 Å². The van der Waals surface area contributed by atoms with Gasteiger partial charge in [-0.25, -0.2) is 0 Å². The molecule has 0 aromatic carbocycles.